The number of hydrogen-bond donors (Lipinski definition) is 1. The Labute approximate surface area is 89.6 Å². The molecule has 0 bridgehead atoms. The first-order valence-electron chi connectivity index (χ1n) is 5.49. The predicted octanol–water partition coefficient (Wildman–Crippen LogP) is 0.201. The standard InChI is InChI=1S/C10H18N4O/c1-8-12-10(13-15-8)3-5-14-4-2-9(6-11)7-14/h9H,2-7,11H2,1H3. The Morgan fingerprint density at radius 2 is 2.47 bits per heavy atom. The Morgan fingerprint density at radius 3 is 3.07 bits per heavy atom. The molecular weight excluding hydrogens is 192 g/mol. The van der Waals surface area contributed by atoms with E-state index in [9.17, 15) is 0 Å². The van der Waals surface area contributed by atoms with E-state index in [1.165, 1.54) is 6.42 Å². The van der Waals surface area contributed by atoms with E-state index in [1.54, 1.807) is 0 Å². The van der Waals surface area contributed by atoms with Crippen molar-refractivity contribution in [3.05, 3.63) is 11.7 Å². The van der Waals surface area contributed by atoms with Crippen molar-refractivity contribution >= 4 is 0 Å². The number of likely N-dealkylation sites (tertiary alicyclic amines) is 1. The van der Waals surface area contributed by atoms with Crippen molar-refractivity contribution in [1.29, 1.82) is 0 Å². The molecule has 0 aliphatic carbocycles. The average Bonchev–Trinajstić information content (AvgIpc) is 2.83. The number of nitrogens with zero attached hydrogens (tertiary/aromatic N) is 3. The molecule has 2 N–H and O–H groups in total. The van der Waals surface area contributed by atoms with Gasteiger partial charge in [0.2, 0.25) is 5.89 Å². The van der Waals surface area contributed by atoms with Gasteiger partial charge in [0.05, 0.1) is 0 Å². The first-order valence-corrected chi connectivity index (χ1v) is 5.49. The van der Waals surface area contributed by atoms with Crippen molar-refractivity contribution in [2.45, 2.75) is 19.8 Å². The van der Waals surface area contributed by atoms with Crippen LogP contribution >= 0.6 is 0 Å². The summed E-state index contributed by atoms with van der Waals surface area (Å²) in [7, 11) is 0. The van der Waals surface area contributed by atoms with Crippen molar-refractivity contribution in [2.24, 2.45) is 11.7 Å². The van der Waals surface area contributed by atoms with Gasteiger partial charge in [0, 0.05) is 26.4 Å². The van der Waals surface area contributed by atoms with Crippen LogP contribution in [0, 0.1) is 12.8 Å². The molecule has 84 valence electrons. The SMILES string of the molecule is Cc1nc(CCN2CCC(CN)C2)no1. The molecule has 1 aromatic rings. The fourth-order valence-electron chi connectivity index (χ4n) is 2.01. The zero-order chi connectivity index (χ0) is 10.7. The number of aryl methyl sites for hydroxylation is 1. The predicted molar refractivity (Wildman–Crippen MR) is 56.3 cm³/mol. The summed E-state index contributed by atoms with van der Waals surface area (Å²) >= 11 is 0. The van der Waals surface area contributed by atoms with Crippen LogP contribution in [0.25, 0.3) is 0 Å². The minimum absolute atomic E-state index is 0.645. The van der Waals surface area contributed by atoms with E-state index in [2.05, 4.69) is 15.0 Å². The lowest BCUT2D eigenvalue weighted by molar-refractivity contribution is 0.323. The molecule has 0 aromatic carbocycles. The molecule has 0 amide bonds. The molecule has 0 radical (unpaired) electrons. The third-order valence-electron chi connectivity index (χ3n) is 2.92. The summed E-state index contributed by atoms with van der Waals surface area (Å²) in [6, 6.07) is 0. The Balaban J connectivity index is 1.75. The van der Waals surface area contributed by atoms with Crippen molar-refractivity contribution in [3.8, 4) is 0 Å². The number of rotatable bonds is 4. The van der Waals surface area contributed by atoms with E-state index in [-0.39, 0.29) is 0 Å². The van der Waals surface area contributed by atoms with Crippen molar-refractivity contribution in [2.75, 3.05) is 26.2 Å². The minimum atomic E-state index is 0.645. The lowest BCUT2D eigenvalue weighted by Crippen LogP contribution is -2.25. The van der Waals surface area contributed by atoms with Gasteiger partial charge >= 0.3 is 0 Å². The lowest BCUT2D eigenvalue weighted by Gasteiger charge is -2.13. The first kappa shape index (κ1) is 10.6. The zero-order valence-electron chi connectivity index (χ0n) is 9.15. The summed E-state index contributed by atoms with van der Waals surface area (Å²) in [5.41, 5.74) is 5.64. The molecule has 1 aliphatic heterocycles. The molecule has 1 unspecified atom stereocenters. The third-order valence-corrected chi connectivity index (χ3v) is 2.92. The van der Waals surface area contributed by atoms with E-state index >= 15 is 0 Å². The van der Waals surface area contributed by atoms with Crippen LogP contribution < -0.4 is 5.73 Å². The highest BCUT2D eigenvalue weighted by atomic mass is 16.5. The minimum Gasteiger partial charge on any atom is -0.340 e. The molecule has 5 nitrogen and oxygen atoms in total. The van der Waals surface area contributed by atoms with Gasteiger partial charge < -0.3 is 15.2 Å². The number of hydrogen-bond acceptors (Lipinski definition) is 5. The van der Waals surface area contributed by atoms with E-state index < -0.39 is 0 Å². The molecule has 1 saturated heterocycles. The monoisotopic (exact) mass is 210 g/mol. The van der Waals surface area contributed by atoms with Crippen LogP contribution in [0.5, 0.6) is 0 Å². The molecule has 0 spiro atoms. The second-order valence-corrected chi connectivity index (χ2v) is 4.17. The Hall–Kier alpha value is -0.940. The summed E-state index contributed by atoms with van der Waals surface area (Å²) in [5, 5.41) is 3.88. The topological polar surface area (TPSA) is 68.2 Å². The highest BCUT2D eigenvalue weighted by Crippen LogP contribution is 2.14. The molecule has 1 atom stereocenters. The maximum Gasteiger partial charge on any atom is 0.223 e. The molecule has 15 heavy (non-hydrogen) atoms. The van der Waals surface area contributed by atoms with Crippen LogP contribution in [-0.4, -0.2) is 41.2 Å². The third kappa shape index (κ3) is 2.76. The van der Waals surface area contributed by atoms with Crippen LogP contribution in [0.4, 0.5) is 0 Å². The molecule has 0 saturated carbocycles. The molecule has 1 fully saturated rings. The number of aromatic nitrogens is 2. The Morgan fingerprint density at radius 1 is 1.60 bits per heavy atom. The van der Waals surface area contributed by atoms with Crippen LogP contribution in [0.3, 0.4) is 0 Å². The van der Waals surface area contributed by atoms with E-state index in [0.29, 0.717) is 11.8 Å². The fraction of sp³-hybridized carbons (Fsp3) is 0.800. The van der Waals surface area contributed by atoms with E-state index in [1.807, 2.05) is 6.92 Å². The van der Waals surface area contributed by atoms with Crippen LogP contribution in [0.2, 0.25) is 0 Å². The smallest absolute Gasteiger partial charge is 0.223 e. The average molecular weight is 210 g/mol. The molecule has 1 aliphatic rings. The highest BCUT2D eigenvalue weighted by Gasteiger charge is 2.20. The molecule has 1 aromatic heterocycles. The van der Waals surface area contributed by atoms with E-state index in [0.717, 1.165) is 38.4 Å². The zero-order valence-corrected chi connectivity index (χ0v) is 9.15. The van der Waals surface area contributed by atoms with Gasteiger partial charge in [-0.3, -0.25) is 0 Å². The van der Waals surface area contributed by atoms with Gasteiger partial charge in [-0.25, -0.2) is 0 Å². The van der Waals surface area contributed by atoms with Gasteiger partial charge in [0.1, 0.15) is 0 Å². The fourth-order valence-corrected chi connectivity index (χ4v) is 2.01. The number of nitrogens with two attached hydrogens (primary N) is 1. The van der Waals surface area contributed by atoms with Gasteiger partial charge in [-0.2, -0.15) is 4.98 Å². The van der Waals surface area contributed by atoms with Crippen molar-refractivity contribution in [1.82, 2.24) is 15.0 Å². The second-order valence-electron chi connectivity index (χ2n) is 4.17. The Kier molecular flexibility index (Phi) is 3.33. The maximum atomic E-state index is 5.64. The van der Waals surface area contributed by atoms with Crippen LogP contribution in [0.15, 0.2) is 4.52 Å². The second kappa shape index (κ2) is 4.72. The molecular formula is C10H18N4O. The van der Waals surface area contributed by atoms with Crippen LogP contribution in [0.1, 0.15) is 18.1 Å². The highest BCUT2D eigenvalue weighted by molar-refractivity contribution is 4.86. The van der Waals surface area contributed by atoms with Gasteiger partial charge in [-0.15, -0.1) is 0 Å². The normalized spacial score (nSPS) is 22.4. The summed E-state index contributed by atoms with van der Waals surface area (Å²) in [6.45, 7) is 5.90. The molecule has 5 heteroatoms. The molecule has 2 rings (SSSR count). The van der Waals surface area contributed by atoms with Gasteiger partial charge in [0.25, 0.3) is 0 Å². The van der Waals surface area contributed by atoms with Gasteiger partial charge in [-0.1, -0.05) is 5.16 Å². The van der Waals surface area contributed by atoms with Crippen LogP contribution in [-0.2, 0) is 6.42 Å². The Bertz CT molecular complexity index is 312. The van der Waals surface area contributed by atoms with Gasteiger partial charge in [0.15, 0.2) is 5.82 Å². The summed E-state index contributed by atoms with van der Waals surface area (Å²) in [4.78, 5) is 6.60. The van der Waals surface area contributed by atoms with Crippen molar-refractivity contribution < 1.29 is 4.52 Å². The van der Waals surface area contributed by atoms with E-state index in [4.69, 9.17) is 10.3 Å². The largest absolute Gasteiger partial charge is 0.340 e. The summed E-state index contributed by atoms with van der Waals surface area (Å²) < 4.78 is 4.92. The first-order chi connectivity index (χ1) is 7.28. The van der Waals surface area contributed by atoms with Gasteiger partial charge in [-0.05, 0) is 25.4 Å². The lowest BCUT2D eigenvalue weighted by atomic mass is 10.1. The van der Waals surface area contributed by atoms with Crippen molar-refractivity contribution in [3.63, 3.8) is 0 Å². The maximum absolute atomic E-state index is 5.64. The quantitative estimate of drug-likeness (QED) is 0.769. The summed E-state index contributed by atoms with van der Waals surface area (Å²) in [5.74, 6) is 2.13. The molecule has 2 heterocycles. The summed E-state index contributed by atoms with van der Waals surface area (Å²) in [6.07, 6.45) is 2.09.